The first kappa shape index (κ1) is 58.0. The lowest BCUT2D eigenvalue weighted by atomic mass is 9.73. The van der Waals surface area contributed by atoms with Gasteiger partial charge in [-0.05, 0) is 42.4 Å². The van der Waals surface area contributed by atoms with Crippen LogP contribution in [-0.2, 0) is 0 Å². The maximum Gasteiger partial charge on any atom is 0.0593 e. The summed E-state index contributed by atoms with van der Waals surface area (Å²) >= 11 is 0. The fourth-order valence-electron chi connectivity index (χ4n) is 9.69. The van der Waals surface area contributed by atoms with Crippen LogP contribution in [0.25, 0.3) is 0 Å². The molecular weight excluding hydrogens is 701 g/mol. The van der Waals surface area contributed by atoms with E-state index in [1.165, 1.54) is 283 Å². The van der Waals surface area contributed by atoms with E-state index in [9.17, 15) is 5.11 Å². The van der Waals surface area contributed by atoms with Gasteiger partial charge in [-0.25, -0.2) is 0 Å². The highest BCUT2D eigenvalue weighted by molar-refractivity contribution is 4.83. The Hall–Kier alpha value is -0.0400. The van der Waals surface area contributed by atoms with Gasteiger partial charge in [-0.3, -0.25) is 0 Å². The molecule has 0 aliphatic rings. The van der Waals surface area contributed by atoms with Crippen molar-refractivity contribution in [3.63, 3.8) is 0 Å². The lowest BCUT2D eigenvalue weighted by Gasteiger charge is -2.35. The Morgan fingerprint density at radius 2 is 0.397 bits per heavy atom. The Bertz CT molecular complexity index is 714. The maximum atomic E-state index is 11.6. The van der Waals surface area contributed by atoms with Crippen LogP contribution in [0.1, 0.15) is 337 Å². The molecule has 0 bridgehead atoms. The van der Waals surface area contributed by atoms with Crippen molar-refractivity contribution in [2.24, 2.45) is 23.2 Å². The smallest absolute Gasteiger partial charge is 0.0593 e. The molecule has 0 aromatic heterocycles. The molecule has 0 radical (unpaired) electrons. The molecule has 0 amide bonds. The van der Waals surface area contributed by atoms with Gasteiger partial charge in [0.05, 0.1) is 6.10 Å². The lowest BCUT2D eigenvalue weighted by molar-refractivity contribution is 0.0125. The summed E-state index contributed by atoms with van der Waals surface area (Å²) in [6, 6.07) is 0. The van der Waals surface area contributed by atoms with Crippen LogP contribution in [-0.4, -0.2) is 11.2 Å². The summed E-state index contributed by atoms with van der Waals surface area (Å²) in [5.74, 6) is 2.63. The number of unbranched alkanes of at least 4 members (excludes halogenated alkanes) is 36. The predicted octanol–water partition coefficient (Wildman–Crippen LogP) is 20.9. The molecular formula is C57H116O. The molecule has 1 atom stereocenters. The van der Waals surface area contributed by atoms with Crippen LogP contribution in [0.4, 0.5) is 0 Å². The number of hydrogen-bond donors (Lipinski definition) is 1. The Balaban J connectivity index is 4.23. The van der Waals surface area contributed by atoms with Crippen molar-refractivity contribution >= 4 is 0 Å². The molecule has 0 rings (SSSR count). The second kappa shape index (κ2) is 45.0. The van der Waals surface area contributed by atoms with E-state index in [1.807, 2.05) is 0 Å². The fraction of sp³-hybridized carbons (Fsp3) is 1.00. The first-order valence-corrected chi connectivity index (χ1v) is 27.9. The van der Waals surface area contributed by atoms with Crippen molar-refractivity contribution in [2.45, 2.75) is 344 Å². The van der Waals surface area contributed by atoms with Crippen molar-refractivity contribution in [1.29, 1.82) is 0 Å². The molecule has 350 valence electrons. The number of aliphatic hydroxyl groups excluding tert-OH is 1. The molecule has 0 fully saturated rings. The average Bonchev–Trinajstić information content (AvgIpc) is 3.18. The van der Waals surface area contributed by atoms with E-state index in [2.05, 4.69) is 48.5 Å². The fourth-order valence-corrected chi connectivity index (χ4v) is 9.69. The summed E-state index contributed by atoms with van der Waals surface area (Å²) in [5.41, 5.74) is 0.123. The normalized spacial score (nSPS) is 12.9. The molecule has 0 saturated heterocycles. The zero-order valence-electron chi connectivity index (χ0n) is 42.1. The zero-order valence-corrected chi connectivity index (χ0v) is 42.1. The highest BCUT2D eigenvalue weighted by atomic mass is 16.3. The van der Waals surface area contributed by atoms with E-state index >= 15 is 0 Å². The van der Waals surface area contributed by atoms with E-state index in [-0.39, 0.29) is 11.5 Å². The summed E-state index contributed by atoms with van der Waals surface area (Å²) in [4.78, 5) is 0. The Labute approximate surface area is 370 Å². The molecule has 0 saturated carbocycles. The Morgan fingerprint density at radius 1 is 0.241 bits per heavy atom. The van der Waals surface area contributed by atoms with Gasteiger partial charge in [-0.1, -0.05) is 318 Å². The second-order valence-corrected chi connectivity index (χ2v) is 21.8. The molecule has 0 aliphatic heterocycles. The number of rotatable bonds is 49. The summed E-state index contributed by atoms with van der Waals surface area (Å²) in [7, 11) is 0. The number of hydrogen-bond acceptors (Lipinski definition) is 1. The van der Waals surface area contributed by atoms with E-state index in [0.717, 1.165) is 24.2 Å². The molecule has 0 aromatic carbocycles. The van der Waals surface area contributed by atoms with Gasteiger partial charge in [-0.15, -0.1) is 0 Å². The van der Waals surface area contributed by atoms with E-state index in [0.29, 0.717) is 0 Å². The topological polar surface area (TPSA) is 20.2 Å². The van der Waals surface area contributed by atoms with Crippen molar-refractivity contribution in [1.82, 2.24) is 0 Å². The molecule has 1 heteroatoms. The molecule has 0 heterocycles. The minimum Gasteiger partial charge on any atom is -0.393 e. The van der Waals surface area contributed by atoms with E-state index < -0.39 is 0 Å². The lowest BCUT2D eigenvalue weighted by Crippen LogP contribution is -2.32. The Morgan fingerprint density at radius 3 is 0.586 bits per heavy atom. The quantitative estimate of drug-likeness (QED) is 0.0607. The van der Waals surface area contributed by atoms with Crippen LogP contribution in [0.2, 0.25) is 0 Å². The van der Waals surface area contributed by atoms with Crippen LogP contribution in [0.3, 0.4) is 0 Å². The third-order valence-corrected chi connectivity index (χ3v) is 14.1. The van der Waals surface area contributed by atoms with Crippen molar-refractivity contribution in [3.05, 3.63) is 0 Å². The van der Waals surface area contributed by atoms with E-state index in [1.54, 1.807) is 0 Å². The molecule has 0 spiro atoms. The summed E-state index contributed by atoms with van der Waals surface area (Å²) in [6.07, 6.45) is 63.1. The molecule has 0 aromatic rings. The average molecular weight is 818 g/mol. The minimum absolute atomic E-state index is 0.108. The minimum atomic E-state index is -0.108. The Kier molecular flexibility index (Phi) is 45.0. The number of aliphatic hydroxyl groups is 1. The zero-order chi connectivity index (χ0) is 42.6. The van der Waals surface area contributed by atoms with Crippen LogP contribution >= 0.6 is 0 Å². The molecule has 1 unspecified atom stereocenters. The molecule has 1 nitrogen and oxygen atoms in total. The van der Waals surface area contributed by atoms with Gasteiger partial charge < -0.3 is 5.11 Å². The summed E-state index contributed by atoms with van der Waals surface area (Å²) in [6.45, 7) is 16.6. The SMILES string of the molecule is CC(C)CCCCCCCCCCCCCCCC(O)C(C)(CCCCCCCCCCCCCCCC(C)C)CCCCCCCCCCCCCCCC(C)C. The van der Waals surface area contributed by atoms with Crippen LogP contribution in [0.5, 0.6) is 0 Å². The van der Waals surface area contributed by atoms with Gasteiger partial charge in [0.1, 0.15) is 0 Å². The predicted molar refractivity (Wildman–Crippen MR) is 266 cm³/mol. The van der Waals surface area contributed by atoms with Gasteiger partial charge in [0, 0.05) is 0 Å². The summed E-state index contributed by atoms with van der Waals surface area (Å²) in [5, 5.41) is 11.6. The largest absolute Gasteiger partial charge is 0.393 e. The van der Waals surface area contributed by atoms with Crippen molar-refractivity contribution in [3.8, 4) is 0 Å². The maximum absolute atomic E-state index is 11.6. The van der Waals surface area contributed by atoms with Gasteiger partial charge in [0.25, 0.3) is 0 Å². The first-order chi connectivity index (χ1) is 28.2. The molecule has 1 N–H and O–H groups in total. The second-order valence-electron chi connectivity index (χ2n) is 21.8. The third-order valence-electron chi connectivity index (χ3n) is 14.1. The van der Waals surface area contributed by atoms with Crippen LogP contribution in [0.15, 0.2) is 0 Å². The molecule has 0 aliphatic carbocycles. The summed E-state index contributed by atoms with van der Waals surface area (Å²) < 4.78 is 0. The molecule has 58 heavy (non-hydrogen) atoms. The van der Waals surface area contributed by atoms with Crippen LogP contribution in [0, 0.1) is 23.2 Å². The van der Waals surface area contributed by atoms with Gasteiger partial charge >= 0.3 is 0 Å². The third kappa shape index (κ3) is 44.0. The van der Waals surface area contributed by atoms with Crippen LogP contribution < -0.4 is 0 Å². The van der Waals surface area contributed by atoms with Gasteiger partial charge in [-0.2, -0.15) is 0 Å². The van der Waals surface area contributed by atoms with Crippen molar-refractivity contribution < 1.29 is 5.11 Å². The highest BCUT2D eigenvalue weighted by Crippen LogP contribution is 2.37. The monoisotopic (exact) mass is 817 g/mol. The van der Waals surface area contributed by atoms with Gasteiger partial charge in [0.15, 0.2) is 0 Å². The standard InChI is InChI=1S/C57H116O/c1-53(2)47-41-35-29-23-17-11-8-14-20-26-32-38-44-50-56(58)57(7,51-45-39-33-27-21-15-9-12-18-24-30-36-42-48-54(3)4)52-46-40-34-28-22-16-10-13-19-25-31-37-43-49-55(5)6/h53-56,58H,8-52H2,1-7H3. The van der Waals surface area contributed by atoms with Gasteiger partial charge in [0.2, 0.25) is 0 Å². The highest BCUT2D eigenvalue weighted by Gasteiger charge is 2.31. The van der Waals surface area contributed by atoms with Crippen molar-refractivity contribution in [2.75, 3.05) is 0 Å². The van der Waals surface area contributed by atoms with E-state index in [4.69, 9.17) is 0 Å². The first-order valence-electron chi connectivity index (χ1n) is 27.9.